The summed E-state index contributed by atoms with van der Waals surface area (Å²) in [4.78, 5) is 0. The third-order valence-corrected chi connectivity index (χ3v) is 21.1. The molecule has 2 fully saturated rings. The first-order valence-corrected chi connectivity index (χ1v) is 13.0. The van der Waals surface area contributed by atoms with E-state index in [0.717, 1.165) is 0 Å². The van der Waals surface area contributed by atoms with Crippen molar-refractivity contribution >= 4 is 8.07 Å². The molecule has 0 N–H and O–H groups in total. The Morgan fingerprint density at radius 2 is 0.833 bits per heavy atom. The first kappa shape index (κ1) is 20.5. The maximum atomic E-state index is 2.82. The summed E-state index contributed by atoms with van der Waals surface area (Å²) in [5, 5.41) is 1.40. The van der Waals surface area contributed by atoms with Gasteiger partial charge in [0, 0.05) is 0 Å². The maximum Gasteiger partial charge on any atom is 0.0688 e. The van der Waals surface area contributed by atoms with Crippen LogP contribution in [-0.2, 0) is 0 Å². The van der Waals surface area contributed by atoms with Crippen molar-refractivity contribution in [3.8, 4) is 0 Å². The monoisotopic (exact) mass is 350 g/mol. The predicted molar refractivity (Wildman–Crippen MR) is 112 cm³/mol. The Morgan fingerprint density at radius 3 is 1.17 bits per heavy atom. The molecule has 0 bridgehead atoms. The second-order valence-electron chi connectivity index (χ2n) is 12.4. The van der Waals surface area contributed by atoms with Gasteiger partial charge in [-0.15, -0.1) is 0 Å². The molecule has 0 aromatic carbocycles. The maximum absolute atomic E-state index is 2.82. The fourth-order valence-corrected chi connectivity index (χ4v) is 16.8. The number of hydrogen-bond donors (Lipinski definition) is 0. The summed E-state index contributed by atoms with van der Waals surface area (Å²) in [5.74, 6) is 0. The van der Waals surface area contributed by atoms with E-state index in [1.807, 2.05) is 0 Å². The lowest BCUT2D eigenvalue weighted by atomic mass is 9.47. The van der Waals surface area contributed by atoms with E-state index in [9.17, 15) is 0 Å². The van der Waals surface area contributed by atoms with Gasteiger partial charge in [0.1, 0.15) is 0 Å². The summed E-state index contributed by atoms with van der Waals surface area (Å²) in [6, 6.07) is 0. The lowest BCUT2D eigenvalue weighted by molar-refractivity contribution is -0.0949. The first-order chi connectivity index (χ1) is 10.5. The fourth-order valence-electron chi connectivity index (χ4n) is 7.72. The van der Waals surface area contributed by atoms with Crippen LogP contribution in [0.3, 0.4) is 0 Å². The molecule has 0 aromatic heterocycles. The van der Waals surface area contributed by atoms with Gasteiger partial charge in [-0.05, 0) is 31.4 Å². The van der Waals surface area contributed by atoms with Gasteiger partial charge in [0.2, 0.25) is 0 Å². The van der Waals surface area contributed by atoms with Crippen LogP contribution in [0, 0.1) is 16.2 Å². The van der Waals surface area contributed by atoms with Crippen molar-refractivity contribution in [2.75, 3.05) is 0 Å². The van der Waals surface area contributed by atoms with Crippen molar-refractivity contribution in [3.05, 3.63) is 0 Å². The van der Waals surface area contributed by atoms with E-state index >= 15 is 0 Å². The first-order valence-electron chi connectivity index (χ1n) is 10.5. The molecule has 0 amide bonds. The SMILES string of the molecule is CC1(C)C(C)(C)C(C)(C)[Si](C)(C2(C)CCCCC2)C(C)(C)C1(C)C. The molecule has 2 rings (SSSR count). The summed E-state index contributed by atoms with van der Waals surface area (Å²) < 4.78 is 0. The van der Waals surface area contributed by atoms with Gasteiger partial charge in [-0.25, -0.2) is 0 Å². The van der Waals surface area contributed by atoms with Crippen molar-refractivity contribution in [1.82, 2.24) is 0 Å². The van der Waals surface area contributed by atoms with Crippen LogP contribution in [0.4, 0.5) is 0 Å². The molecule has 24 heavy (non-hydrogen) atoms. The number of rotatable bonds is 1. The molecule has 0 spiro atoms. The van der Waals surface area contributed by atoms with Gasteiger partial charge in [0.25, 0.3) is 0 Å². The van der Waals surface area contributed by atoms with Gasteiger partial charge in [-0.1, -0.05) is 115 Å². The Hall–Kier alpha value is 0.217. The lowest BCUT2D eigenvalue weighted by Crippen LogP contribution is -2.75. The zero-order chi connectivity index (χ0) is 19.0. The Balaban J connectivity index is 2.83. The average Bonchev–Trinajstić information content (AvgIpc) is 2.44. The summed E-state index contributed by atoms with van der Waals surface area (Å²) >= 11 is 0. The molecule has 2 aliphatic rings. The van der Waals surface area contributed by atoms with Crippen LogP contribution in [0.1, 0.15) is 108 Å². The minimum atomic E-state index is -1.67. The molecule has 0 aromatic rings. The standard InChI is InChI=1S/C23H46Si/c1-18(2)19(3,4)21(7,8)24(12,22(9,10)20(18,5)6)23(11)16-14-13-15-17-23/h13-17H2,1-12H3. The average molecular weight is 351 g/mol. The fraction of sp³-hybridized carbons (Fsp3) is 1.00. The molecule has 1 heterocycles. The Morgan fingerprint density at radius 1 is 0.500 bits per heavy atom. The molecular weight excluding hydrogens is 304 g/mol. The highest BCUT2D eigenvalue weighted by atomic mass is 28.3. The Bertz CT molecular complexity index is 468. The van der Waals surface area contributed by atoms with Crippen molar-refractivity contribution < 1.29 is 0 Å². The molecule has 0 atom stereocenters. The van der Waals surface area contributed by atoms with Gasteiger partial charge in [0.15, 0.2) is 0 Å². The molecule has 0 unspecified atom stereocenters. The predicted octanol–water partition coefficient (Wildman–Crippen LogP) is 8.44. The van der Waals surface area contributed by atoms with Crippen LogP contribution in [0.5, 0.6) is 0 Å². The van der Waals surface area contributed by atoms with Crippen LogP contribution in [0.25, 0.3) is 0 Å². The van der Waals surface area contributed by atoms with Gasteiger partial charge >= 0.3 is 0 Å². The second kappa shape index (κ2) is 5.14. The highest BCUT2D eigenvalue weighted by molar-refractivity contribution is 6.87. The summed E-state index contributed by atoms with van der Waals surface area (Å²) in [5.41, 5.74) is 0.978. The molecule has 0 nitrogen and oxygen atoms in total. The van der Waals surface area contributed by atoms with Crippen molar-refractivity contribution in [2.24, 2.45) is 16.2 Å². The highest BCUT2D eigenvalue weighted by Crippen LogP contribution is 2.84. The molecule has 142 valence electrons. The van der Waals surface area contributed by atoms with E-state index in [1.165, 1.54) is 32.1 Å². The third-order valence-electron chi connectivity index (χ3n) is 11.9. The molecular formula is C23H46Si. The van der Waals surface area contributed by atoms with Crippen molar-refractivity contribution in [3.63, 3.8) is 0 Å². The second-order valence-corrected chi connectivity index (χ2v) is 18.3. The topological polar surface area (TPSA) is 0 Å². The summed E-state index contributed by atoms with van der Waals surface area (Å²) in [6.45, 7) is 31.7. The van der Waals surface area contributed by atoms with E-state index in [4.69, 9.17) is 0 Å². The van der Waals surface area contributed by atoms with Gasteiger partial charge in [0.05, 0.1) is 8.07 Å². The van der Waals surface area contributed by atoms with Crippen LogP contribution >= 0.6 is 0 Å². The molecule has 1 saturated carbocycles. The zero-order valence-corrected chi connectivity index (χ0v) is 20.0. The van der Waals surface area contributed by atoms with Gasteiger partial charge < -0.3 is 0 Å². The molecule has 1 saturated heterocycles. The van der Waals surface area contributed by atoms with E-state index in [0.29, 0.717) is 31.4 Å². The van der Waals surface area contributed by atoms with Crippen LogP contribution in [-0.4, -0.2) is 8.07 Å². The lowest BCUT2D eigenvalue weighted by Gasteiger charge is -2.80. The van der Waals surface area contributed by atoms with Gasteiger partial charge in [-0.2, -0.15) is 0 Å². The minimum absolute atomic E-state index is 0.310. The van der Waals surface area contributed by atoms with Crippen molar-refractivity contribution in [1.29, 1.82) is 0 Å². The van der Waals surface area contributed by atoms with E-state index in [2.05, 4.69) is 82.7 Å². The zero-order valence-electron chi connectivity index (χ0n) is 19.0. The van der Waals surface area contributed by atoms with E-state index in [1.54, 1.807) is 0 Å². The Kier molecular flexibility index (Phi) is 4.40. The molecule has 1 heteroatoms. The minimum Gasteiger partial charge on any atom is -0.0679 e. The quantitative estimate of drug-likeness (QED) is 0.416. The van der Waals surface area contributed by atoms with Gasteiger partial charge in [-0.3, -0.25) is 0 Å². The molecule has 1 aliphatic heterocycles. The molecule has 1 aliphatic carbocycles. The Labute approximate surface area is 154 Å². The van der Waals surface area contributed by atoms with Crippen LogP contribution in [0.2, 0.25) is 21.7 Å². The van der Waals surface area contributed by atoms with E-state index in [-0.39, 0.29) is 0 Å². The van der Waals surface area contributed by atoms with Crippen molar-refractivity contribution in [2.45, 2.75) is 130 Å². The van der Waals surface area contributed by atoms with E-state index < -0.39 is 8.07 Å². The third kappa shape index (κ3) is 1.87. The number of hydrogen-bond acceptors (Lipinski definition) is 0. The molecule has 0 radical (unpaired) electrons. The highest BCUT2D eigenvalue weighted by Gasteiger charge is 2.77. The normalized spacial score (nSPS) is 34.5. The largest absolute Gasteiger partial charge is 0.0688 e. The van der Waals surface area contributed by atoms with Crippen LogP contribution < -0.4 is 0 Å². The van der Waals surface area contributed by atoms with Crippen LogP contribution in [0.15, 0.2) is 0 Å². The summed E-state index contributed by atoms with van der Waals surface area (Å²) in [6.07, 6.45) is 7.30. The summed E-state index contributed by atoms with van der Waals surface area (Å²) in [7, 11) is -1.67. The smallest absolute Gasteiger partial charge is 0.0679 e.